The lowest BCUT2D eigenvalue weighted by Gasteiger charge is -2.17. The SMILES string of the molecule is [C-]#[N+]c1cc(-c2cccc(-c3cc4c5ccccc5c(-c5ccccc5)cc4c4ccccc34)c2)cc(-c2cc3c4ccccc4c(-c4ccccc4)cc3c3ccccc23)c1. The minimum absolute atomic E-state index is 0.619. The van der Waals surface area contributed by atoms with Gasteiger partial charge in [0.1, 0.15) is 0 Å². The first kappa shape index (κ1) is 35.6. The van der Waals surface area contributed by atoms with Crippen molar-refractivity contribution in [2.24, 2.45) is 0 Å². The van der Waals surface area contributed by atoms with E-state index in [9.17, 15) is 0 Å². The third kappa shape index (κ3) is 5.77. The lowest BCUT2D eigenvalue weighted by molar-refractivity contribution is 1.60. The Hall–Kier alpha value is -8.31. The number of fused-ring (bicyclic) bond motifs is 10. The predicted molar refractivity (Wildman–Crippen MR) is 265 cm³/mol. The molecule has 286 valence electrons. The summed E-state index contributed by atoms with van der Waals surface area (Å²) in [5, 5.41) is 14.7. The number of nitrogens with zero attached hydrogens (tertiary/aromatic N) is 1. The second kappa shape index (κ2) is 14.5. The molecular formula is C61H37N. The van der Waals surface area contributed by atoms with Crippen molar-refractivity contribution in [3.05, 3.63) is 236 Å². The highest BCUT2D eigenvalue weighted by molar-refractivity contribution is 6.25. The van der Waals surface area contributed by atoms with Gasteiger partial charge >= 0.3 is 0 Å². The number of rotatable bonds is 5. The highest BCUT2D eigenvalue weighted by Crippen LogP contribution is 2.45. The molecule has 0 radical (unpaired) electrons. The molecule has 0 aromatic heterocycles. The highest BCUT2D eigenvalue weighted by Gasteiger charge is 2.18. The molecule has 12 aromatic carbocycles. The lowest BCUT2D eigenvalue weighted by atomic mass is 9.86. The zero-order chi connectivity index (χ0) is 41.1. The largest absolute Gasteiger partial charge is 0.238 e. The molecule has 0 N–H and O–H groups in total. The minimum atomic E-state index is 0.619. The van der Waals surface area contributed by atoms with Crippen LogP contribution in [0.1, 0.15) is 0 Å². The quantitative estimate of drug-likeness (QED) is 0.121. The topological polar surface area (TPSA) is 4.36 Å². The van der Waals surface area contributed by atoms with Crippen molar-refractivity contribution in [2.75, 3.05) is 0 Å². The summed E-state index contributed by atoms with van der Waals surface area (Å²) in [6.07, 6.45) is 0. The minimum Gasteiger partial charge on any atom is -0.238 e. The van der Waals surface area contributed by atoms with E-state index < -0.39 is 0 Å². The fraction of sp³-hybridized carbons (Fsp3) is 0. The Morgan fingerprint density at radius 2 is 0.516 bits per heavy atom. The summed E-state index contributed by atoms with van der Waals surface area (Å²) >= 11 is 0. The van der Waals surface area contributed by atoms with E-state index in [1.54, 1.807) is 0 Å². The van der Waals surface area contributed by atoms with Crippen molar-refractivity contribution in [2.45, 2.75) is 0 Å². The Morgan fingerprint density at radius 3 is 0.935 bits per heavy atom. The van der Waals surface area contributed by atoms with E-state index in [4.69, 9.17) is 6.57 Å². The van der Waals surface area contributed by atoms with Crippen LogP contribution in [0.15, 0.2) is 224 Å². The van der Waals surface area contributed by atoms with Gasteiger partial charge in [0.2, 0.25) is 0 Å². The molecule has 0 saturated carbocycles. The molecule has 12 rings (SSSR count). The third-order valence-corrected chi connectivity index (χ3v) is 12.8. The van der Waals surface area contributed by atoms with Gasteiger partial charge in [-0.05, 0) is 169 Å². The Balaban J connectivity index is 1.05. The first-order chi connectivity index (χ1) is 30.7. The van der Waals surface area contributed by atoms with Crippen LogP contribution in [0.3, 0.4) is 0 Å². The zero-order valence-corrected chi connectivity index (χ0v) is 33.8. The lowest BCUT2D eigenvalue weighted by Crippen LogP contribution is -1.90. The van der Waals surface area contributed by atoms with Crippen molar-refractivity contribution in [3.63, 3.8) is 0 Å². The summed E-state index contributed by atoms with van der Waals surface area (Å²) in [4.78, 5) is 4.04. The molecule has 0 amide bonds. The van der Waals surface area contributed by atoms with E-state index in [0.717, 1.165) is 27.8 Å². The molecule has 0 bridgehead atoms. The average molecular weight is 784 g/mol. The van der Waals surface area contributed by atoms with Crippen LogP contribution in [0.2, 0.25) is 0 Å². The van der Waals surface area contributed by atoms with E-state index in [0.29, 0.717) is 5.69 Å². The van der Waals surface area contributed by atoms with Gasteiger partial charge in [0.05, 0.1) is 6.57 Å². The van der Waals surface area contributed by atoms with Crippen LogP contribution in [0.25, 0.3) is 125 Å². The number of hydrogen-bond donors (Lipinski definition) is 0. The van der Waals surface area contributed by atoms with Crippen LogP contribution in [-0.4, -0.2) is 0 Å². The Morgan fingerprint density at radius 1 is 0.210 bits per heavy atom. The second-order valence-corrected chi connectivity index (χ2v) is 16.3. The number of hydrogen-bond acceptors (Lipinski definition) is 0. The summed E-state index contributed by atoms with van der Waals surface area (Å²) in [6.45, 7) is 8.27. The van der Waals surface area contributed by atoms with Crippen molar-refractivity contribution in [1.29, 1.82) is 0 Å². The Bertz CT molecular complexity index is 3800. The molecule has 0 unspecified atom stereocenters. The first-order valence-electron chi connectivity index (χ1n) is 21.2. The molecule has 0 atom stereocenters. The molecule has 0 spiro atoms. The molecule has 0 fully saturated rings. The maximum atomic E-state index is 8.27. The van der Waals surface area contributed by atoms with Gasteiger partial charge in [0.25, 0.3) is 0 Å². The van der Waals surface area contributed by atoms with E-state index in [-0.39, 0.29) is 0 Å². The van der Waals surface area contributed by atoms with Gasteiger partial charge in [0.15, 0.2) is 5.69 Å². The molecule has 0 aliphatic heterocycles. The Labute approximate surface area is 360 Å². The molecule has 0 aliphatic rings. The zero-order valence-electron chi connectivity index (χ0n) is 33.8. The first-order valence-corrected chi connectivity index (χ1v) is 21.2. The maximum absolute atomic E-state index is 8.27. The summed E-state index contributed by atoms with van der Waals surface area (Å²) in [5.41, 5.74) is 12.1. The molecule has 0 aliphatic carbocycles. The van der Waals surface area contributed by atoms with Crippen molar-refractivity contribution < 1.29 is 0 Å². The second-order valence-electron chi connectivity index (χ2n) is 16.3. The van der Waals surface area contributed by atoms with Crippen molar-refractivity contribution >= 4 is 70.3 Å². The number of benzene rings is 12. The van der Waals surface area contributed by atoms with Crippen LogP contribution in [0, 0.1) is 6.57 Å². The highest BCUT2D eigenvalue weighted by atomic mass is 14.6. The van der Waals surface area contributed by atoms with Gasteiger partial charge in [-0.15, -0.1) is 0 Å². The summed E-state index contributed by atoms with van der Waals surface area (Å²) in [7, 11) is 0. The summed E-state index contributed by atoms with van der Waals surface area (Å²) < 4.78 is 0. The van der Waals surface area contributed by atoms with Gasteiger partial charge in [-0.3, -0.25) is 0 Å². The van der Waals surface area contributed by atoms with Gasteiger partial charge in [-0.25, -0.2) is 4.85 Å². The summed E-state index contributed by atoms with van der Waals surface area (Å²) in [5.74, 6) is 0. The fourth-order valence-electron chi connectivity index (χ4n) is 9.96. The van der Waals surface area contributed by atoms with Crippen molar-refractivity contribution in [3.8, 4) is 55.6 Å². The van der Waals surface area contributed by atoms with Crippen LogP contribution < -0.4 is 0 Å². The molecule has 12 aromatic rings. The van der Waals surface area contributed by atoms with Crippen molar-refractivity contribution in [1.82, 2.24) is 0 Å². The monoisotopic (exact) mass is 783 g/mol. The molecule has 1 heteroatoms. The summed E-state index contributed by atoms with van der Waals surface area (Å²) in [6, 6.07) is 81.2. The van der Waals surface area contributed by atoms with Gasteiger partial charge in [-0.2, -0.15) is 0 Å². The third-order valence-electron chi connectivity index (χ3n) is 12.8. The van der Waals surface area contributed by atoms with Gasteiger partial charge in [-0.1, -0.05) is 176 Å². The predicted octanol–water partition coefficient (Wildman–Crippen LogP) is 17.5. The smallest absolute Gasteiger partial charge is 0.188 e. The molecule has 62 heavy (non-hydrogen) atoms. The maximum Gasteiger partial charge on any atom is 0.188 e. The Kier molecular flexibility index (Phi) is 8.30. The average Bonchev–Trinajstić information content (AvgIpc) is 3.35. The molecule has 0 heterocycles. The van der Waals surface area contributed by atoms with E-state index in [2.05, 4.69) is 223 Å². The fourth-order valence-corrected chi connectivity index (χ4v) is 9.96. The molecule has 1 nitrogen and oxygen atoms in total. The van der Waals surface area contributed by atoms with Gasteiger partial charge in [0, 0.05) is 0 Å². The van der Waals surface area contributed by atoms with E-state index >= 15 is 0 Å². The van der Waals surface area contributed by atoms with Gasteiger partial charge < -0.3 is 0 Å². The standard InChI is InChI=1S/C61H37N/c1-62-45-33-43(32-44(34-45)57-38-61-51-28-13-9-24-47(51)55(40-19-6-3-7-20-40)36-59(61)53-30-15-11-26-49(53)57)41-21-16-22-42(31-41)56-37-60-50-27-12-8-23-46(50)54(39-17-4-2-5-18-39)35-58(60)52-29-14-10-25-48(52)56/h2-38H. The van der Waals surface area contributed by atoms with Crippen LogP contribution in [-0.2, 0) is 0 Å². The normalized spacial score (nSPS) is 11.5. The van der Waals surface area contributed by atoms with Crippen LogP contribution >= 0.6 is 0 Å². The molecular weight excluding hydrogens is 747 g/mol. The van der Waals surface area contributed by atoms with E-state index in [1.807, 2.05) is 6.07 Å². The van der Waals surface area contributed by atoms with Crippen LogP contribution in [0.5, 0.6) is 0 Å². The molecule has 0 saturated heterocycles. The van der Waals surface area contributed by atoms with E-state index in [1.165, 1.54) is 92.5 Å². The van der Waals surface area contributed by atoms with Crippen LogP contribution in [0.4, 0.5) is 5.69 Å².